The Morgan fingerprint density at radius 2 is 1.83 bits per heavy atom. The smallest absolute Gasteiger partial charge is 0.497 e. The summed E-state index contributed by atoms with van der Waals surface area (Å²) in [5.74, 6) is 0.283. The second-order valence-electron chi connectivity index (χ2n) is 7.07. The number of methoxy groups -OCH3 is 1. The van der Waals surface area contributed by atoms with Crippen LogP contribution in [0.5, 0.6) is 11.5 Å². The SMILES string of the molecule is COc1ccc2c(c1)CCC1C(C(=O)Nc3ccc(OC(F)(F)F)cc3)NNC21. The summed E-state index contributed by atoms with van der Waals surface area (Å²) in [4.78, 5) is 12.8. The molecule has 2 aliphatic rings. The van der Waals surface area contributed by atoms with Crippen molar-refractivity contribution in [1.29, 1.82) is 0 Å². The van der Waals surface area contributed by atoms with Crippen LogP contribution >= 0.6 is 0 Å². The lowest BCUT2D eigenvalue weighted by molar-refractivity contribution is -0.274. The minimum absolute atomic E-state index is 0.00275. The van der Waals surface area contributed by atoms with E-state index in [4.69, 9.17) is 4.74 Å². The second-order valence-corrected chi connectivity index (χ2v) is 7.07. The van der Waals surface area contributed by atoms with Gasteiger partial charge in [-0.25, -0.2) is 10.9 Å². The summed E-state index contributed by atoms with van der Waals surface area (Å²) in [5.41, 5.74) is 9.00. The molecule has 0 bridgehead atoms. The molecule has 2 aromatic rings. The highest BCUT2D eigenvalue weighted by Crippen LogP contribution is 2.40. The Bertz CT molecular complexity index is 902. The van der Waals surface area contributed by atoms with Gasteiger partial charge >= 0.3 is 6.36 Å². The van der Waals surface area contributed by atoms with Crippen molar-refractivity contribution in [3.8, 4) is 11.5 Å². The molecule has 1 amide bonds. The third-order valence-corrected chi connectivity index (χ3v) is 5.32. The van der Waals surface area contributed by atoms with E-state index in [1.807, 2.05) is 18.2 Å². The Kier molecular flexibility index (Phi) is 5.10. The number of alkyl halides is 3. The number of anilines is 1. The molecule has 29 heavy (non-hydrogen) atoms. The summed E-state index contributed by atoms with van der Waals surface area (Å²) in [6, 6.07) is 10.6. The Morgan fingerprint density at radius 1 is 1.10 bits per heavy atom. The van der Waals surface area contributed by atoms with Crippen LogP contribution in [0.1, 0.15) is 23.6 Å². The molecule has 3 N–H and O–H groups in total. The van der Waals surface area contributed by atoms with Crippen molar-refractivity contribution in [3.63, 3.8) is 0 Å². The van der Waals surface area contributed by atoms with Crippen LogP contribution in [-0.4, -0.2) is 25.4 Å². The topological polar surface area (TPSA) is 71.6 Å². The van der Waals surface area contributed by atoms with Crippen molar-refractivity contribution >= 4 is 11.6 Å². The number of nitrogens with one attached hydrogen (secondary N) is 3. The Balaban J connectivity index is 1.43. The van der Waals surface area contributed by atoms with Gasteiger partial charge in [-0.05, 0) is 60.4 Å². The number of benzene rings is 2. The van der Waals surface area contributed by atoms with Gasteiger partial charge in [-0.1, -0.05) is 6.07 Å². The number of fused-ring (bicyclic) bond motifs is 3. The van der Waals surface area contributed by atoms with Crippen LogP contribution < -0.4 is 25.6 Å². The van der Waals surface area contributed by atoms with Crippen molar-refractivity contribution in [2.24, 2.45) is 5.92 Å². The predicted molar refractivity (Wildman–Crippen MR) is 99.4 cm³/mol. The summed E-state index contributed by atoms with van der Waals surface area (Å²) >= 11 is 0. The van der Waals surface area contributed by atoms with Gasteiger partial charge in [0.15, 0.2) is 0 Å². The first-order chi connectivity index (χ1) is 13.8. The summed E-state index contributed by atoms with van der Waals surface area (Å²) in [6.07, 6.45) is -3.09. The second kappa shape index (κ2) is 7.57. The van der Waals surface area contributed by atoms with Crippen LogP contribution in [0, 0.1) is 5.92 Å². The normalized spacial score (nSPS) is 23.1. The van der Waals surface area contributed by atoms with E-state index >= 15 is 0 Å². The number of carbonyl (C=O) groups is 1. The van der Waals surface area contributed by atoms with Crippen molar-refractivity contribution in [2.45, 2.75) is 31.3 Å². The molecule has 9 heteroatoms. The van der Waals surface area contributed by atoms with Crippen molar-refractivity contribution in [3.05, 3.63) is 53.6 Å². The maximum Gasteiger partial charge on any atom is 0.573 e. The van der Waals surface area contributed by atoms with Gasteiger partial charge in [0.25, 0.3) is 0 Å². The van der Waals surface area contributed by atoms with E-state index in [1.165, 1.54) is 17.7 Å². The number of amides is 1. The van der Waals surface area contributed by atoms with Gasteiger partial charge in [0, 0.05) is 11.6 Å². The molecule has 0 aromatic heterocycles. The zero-order chi connectivity index (χ0) is 20.6. The maximum absolute atomic E-state index is 12.8. The fourth-order valence-corrected chi connectivity index (χ4v) is 4.00. The van der Waals surface area contributed by atoms with E-state index in [0.717, 1.165) is 36.3 Å². The molecule has 2 aromatic carbocycles. The monoisotopic (exact) mass is 407 g/mol. The summed E-state index contributed by atoms with van der Waals surface area (Å²) in [5, 5.41) is 2.75. The van der Waals surface area contributed by atoms with Crippen LogP contribution in [0.15, 0.2) is 42.5 Å². The van der Waals surface area contributed by atoms with Crippen LogP contribution in [0.2, 0.25) is 0 Å². The van der Waals surface area contributed by atoms with Gasteiger partial charge in [0.1, 0.15) is 17.5 Å². The zero-order valence-electron chi connectivity index (χ0n) is 15.5. The van der Waals surface area contributed by atoms with Gasteiger partial charge in [-0.15, -0.1) is 13.2 Å². The lowest BCUT2D eigenvalue weighted by Gasteiger charge is -2.29. The average Bonchev–Trinajstić information content (AvgIpc) is 3.12. The molecule has 1 aliphatic heterocycles. The van der Waals surface area contributed by atoms with Gasteiger partial charge < -0.3 is 14.8 Å². The molecule has 3 atom stereocenters. The van der Waals surface area contributed by atoms with Crippen LogP contribution in [0.4, 0.5) is 18.9 Å². The first-order valence-corrected chi connectivity index (χ1v) is 9.18. The van der Waals surface area contributed by atoms with E-state index in [2.05, 4.69) is 20.9 Å². The molecule has 1 fully saturated rings. The van der Waals surface area contributed by atoms with Crippen LogP contribution in [-0.2, 0) is 11.2 Å². The van der Waals surface area contributed by atoms with E-state index in [1.54, 1.807) is 7.11 Å². The highest BCUT2D eigenvalue weighted by Gasteiger charge is 2.43. The third kappa shape index (κ3) is 4.15. The standard InChI is InChI=1S/C20H20F3N3O3/c1-28-14-7-9-15-11(10-14)2-8-16-17(15)25-26-18(16)19(27)24-12-3-5-13(6-4-12)29-20(21,22)23/h3-7,9-10,16-18,25-26H,2,8H2,1H3,(H,24,27). The summed E-state index contributed by atoms with van der Waals surface area (Å²) < 4.78 is 45.9. The zero-order valence-corrected chi connectivity index (χ0v) is 15.5. The van der Waals surface area contributed by atoms with Crippen LogP contribution in [0.25, 0.3) is 0 Å². The molecular weight excluding hydrogens is 387 g/mol. The Hall–Kier alpha value is -2.78. The molecule has 1 aliphatic carbocycles. The molecular formula is C20H20F3N3O3. The quantitative estimate of drug-likeness (QED) is 0.726. The minimum atomic E-state index is -4.75. The molecule has 1 saturated heterocycles. The van der Waals surface area contributed by atoms with Gasteiger partial charge in [0.05, 0.1) is 13.2 Å². The number of aryl methyl sites for hydroxylation is 1. The first kappa shape index (κ1) is 19.5. The minimum Gasteiger partial charge on any atom is -0.497 e. The molecule has 4 rings (SSSR count). The number of halogens is 3. The molecule has 0 spiro atoms. The molecule has 154 valence electrons. The summed E-state index contributed by atoms with van der Waals surface area (Å²) in [6.45, 7) is 0. The molecule has 0 saturated carbocycles. The predicted octanol–water partition coefficient (Wildman–Crippen LogP) is 3.31. The van der Waals surface area contributed by atoms with Crippen molar-refractivity contribution in [2.75, 3.05) is 12.4 Å². The number of rotatable bonds is 4. The third-order valence-electron chi connectivity index (χ3n) is 5.32. The van der Waals surface area contributed by atoms with E-state index in [-0.39, 0.29) is 23.6 Å². The number of hydrazine groups is 1. The lowest BCUT2D eigenvalue weighted by Crippen LogP contribution is -2.42. The number of carbonyl (C=O) groups excluding carboxylic acids is 1. The fraction of sp³-hybridized carbons (Fsp3) is 0.350. The first-order valence-electron chi connectivity index (χ1n) is 9.18. The maximum atomic E-state index is 12.8. The van der Waals surface area contributed by atoms with Crippen molar-refractivity contribution < 1.29 is 27.4 Å². The Labute approximate surface area is 165 Å². The van der Waals surface area contributed by atoms with E-state index in [0.29, 0.717) is 5.69 Å². The number of hydrogen-bond acceptors (Lipinski definition) is 5. The Morgan fingerprint density at radius 3 is 2.52 bits per heavy atom. The number of ether oxygens (including phenoxy) is 2. The van der Waals surface area contributed by atoms with Crippen molar-refractivity contribution in [1.82, 2.24) is 10.9 Å². The number of hydrogen-bond donors (Lipinski definition) is 3. The van der Waals surface area contributed by atoms with E-state index in [9.17, 15) is 18.0 Å². The highest BCUT2D eigenvalue weighted by molar-refractivity contribution is 5.95. The fourth-order valence-electron chi connectivity index (χ4n) is 4.00. The van der Waals surface area contributed by atoms with Crippen LogP contribution in [0.3, 0.4) is 0 Å². The molecule has 6 nitrogen and oxygen atoms in total. The van der Waals surface area contributed by atoms with Gasteiger partial charge in [0.2, 0.25) is 5.91 Å². The molecule has 1 heterocycles. The molecule has 3 unspecified atom stereocenters. The van der Waals surface area contributed by atoms with Gasteiger partial charge in [-0.3, -0.25) is 4.79 Å². The average molecular weight is 407 g/mol. The van der Waals surface area contributed by atoms with Gasteiger partial charge in [-0.2, -0.15) is 0 Å². The summed E-state index contributed by atoms with van der Waals surface area (Å²) in [7, 11) is 1.63. The molecule has 0 radical (unpaired) electrons. The lowest BCUT2D eigenvalue weighted by atomic mass is 9.77. The van der Waals surface area contributed by atoms with E-state index < -0.39 is 12.4 Å². The largest absolute Gasteiger partial charge is 0.573 e. The highest BCUT2D eigenvalue weighted by atomic mass is 19.4.